The lowest BCUT2D eigenvalue weighted by molar-refractivity contribution is -0.132. The molecule has 0 aromatic heterocycles. The summed E-state index contributed by atoms with van der Waals surface area (Å²) in [4.78, 5) is 28.0. The van der Waals surface area contributed by atoms with Crippen molar-refractivity contribution in [2.75, 3.05) is 26.2 Å². The summed E-state index contributed by atoms with van der Waals surface area (Å²) >= 11 is 11.9. The zero-order valence-electron chi connectivity index (χ0n) is 12.6. The minimum atomic E-state index is -0.109. The van der Waals surface area contributed by atoms with Gasteiger partial charge in [-0.05, 0) is 24.6 Å². The molecule has 0 N–H and O–H groups in total. The third kappa shape index (κ3) is 4.14. The molecular weight excluding hydrogens is 323 g/mol. The molecule has 6 heteroatoms. The van der Waals surface area contributed by atoms with Crippen molar-refractivity contribution in [2.24, 2.45) is 0 Å². The van der Waals surface area contributed by atoms with Gasteiger partial charge < -0.3 is 9.80 Å². The molecular formula is C16H20Cl2N2O2. The number of rotatable bonds is 4. The molecule has 1 aromatic rings. The molecule has 1 saturated heterocycles. The van der Waals surface area contributed by atoms with Gasteiger partial charge in [0.2, 0.25) is 5.91 Å². The fraction of sp³-hybridized carbons (Fsp3) is 0.500. The largest absolute Gasteiger partial charge is 0.339 e. The molecule has 0 bridgehead atoms. The van der Waals surface area contributed by atoms with Crippen LogP contribution in [0.15, 0.2) is 18.2 Å². The SMILES string of the molecule is CCCCC(=O)N1CCN(C(=O)c2ccc(Cl)cc2Cl)CC1. The average molecular weight is 343 g/mol. The summed E-state index contributed by atoms with van der Waals surface area (Å²) in [6.07, 6.45) is 2.52. The number of nitrogens with zero attached hydrogens (tertiary/aromatic N) is 2. The number of benzene rings is 1. The summed E-state index contributed by atoms with van der Waals surface area (Å²) in [5.41, 5.74) is 0.455. The van der Waals surface area contributed by atoms with E-state index in [4.69, 9.17) is 23.2 Å². The highest BCUT2D eigenvalue weighted by Gasteiger charge is 2.25. The van der Waals surface area contributed by atoms with Crippen LogP contribution in [0.3, 0.4) is 0 Å². The molecule has 120 valence electrons. The van der Waals surface area contributed by atoms with Crippen LogP contribution in [0.5, 0.6) is 0 Å². The first kappa shape index (κ1) is 17.1. The first-order chi connectivity index (χ1) is 10.5. The number of piperazine rings is 1. The van der Waals surface area contributed by atoms with Crippen molar-refractivity contribution in [3.63, 3.8) is 0 Å². The molecule has 2 amide bonds. The highest BCUT2D eigenvalue weighted by atomic mass is 35.5. The lowest BCUT2D eigenvalue weighted by Crippen LogP contribution is -2.50. The standard InChI is InChI=1S/C16H20Cl2N2O2/c1-2-3-4-15(21)19-7-9-20(10-8-19)16(22)13-6-5-12(17)11-14(13)18/h5-6,11H,2-4,7-10H2,1H3. The van der Waals surface area contributed by atoms with Gasteiger partial charge in [0.15, 0.2) is 0 Å². The van der Waals surface area contributed by atoms with E-state index in [1.165, 1.54) is 0 Å². The monoisotopic (exact) mass is 342 g/mol. The van der Waals surface area contributed by atoms with E-state index in [1.54, 1.807) is 23.1 Å². The molecule has 0 radical (unpaired) electrons. The Morgan fingerprint density at radius 2 is 1.73 bits per heavy atom. The Labute approximate surface area is 141 Å². The lowest BCUT2D eigenvalue weighted by Gasteiger charge is -2.35. The van der Waals surface area contributed by atoms with Gasteiger partial charge in [0.1, 0.15) is 0 Å². The van der Waals surface area contributed by atoms with E-state index in [9.17, 15) is 9.59 Å². The zero-order valence-corrected chi connectivity index (χ0v) is 14.2. The van der Waals surface area contributed by atoms with Crippen LogP contribution in [-0.4, -0.2) is 47.8 Å². The van der Waals surface area contributed by atoms with Crippen molar-refractivity contribution in [3.8, 4) is 0 Å². The Bertz CT molecular complexity index is 555. The molecule has 1 aliphatic heterocycles. The van der Waals surface area contributed by atoms with Crippen LogP contribution in [0.1, 0.15) is 36.5 Å². The van der Waals surface area contributed by atoms with E-state index in [0.29, 0.717) is 48.2 Å². The number of amides is 2. The van der Waals surface area contributed by atoms with Crippen LogP contribution in [-0.2, 0) is 4.79 Å². The Morgan fingerprint density at radius 3 is 2.32 bits per heavy atom. The van der Waals surface area contributed by atoms with Crippen LogP contribution in [0.2, 0.25) is 10.0 Å². The molecule has 0 spiro atoms. The highest BCUT2D eigenvalue weighted by molar-refractivity contribution is 6.36. The number of carbonyl (C=O) groups excluding carboxylic acids is 2. The Kier molecular flexibility index (Phi) is 6.09. The number of halogens is 2. The van der Waals surface area contributed by atoms with E-state index >= 15 is 0 Å². The molecule has 0 atom stereocenters. The molecule has 2 rings (SSSR count). The Balaban J connectivity index is 1.93. The van der Waals surface area contributed by atoms with E-state index in [1.807, 2.05) is 4.90 Å². The second kappa shape index (κ2) is 7.84. The van der Waals surface area contributed by atoms with E-state index in [0.717, 1.165) is 12.8 Å². The van der Waals surface area contributed by atoms with Crippen molar-refractivity contribution in [2.45, 2.75) is 26.2 Å². The minimum absolute atomic E-state index is 0.109. The topological polar surface area (TPSA) is 40.6 Å². The number of hydrogen-bond donors (Lipinski definition) is 0. The molecule has 0 unspecified atom stereocenters. The summed E-state index contributed by atoms with van der Waals surface area (Å²) in [5, 5.41) is 0.867. The van der Waals surface area contributed by atoms with Gasteiger partial charge in [-0.3, -0.25) is 9.59 Å². The van der Waals surface area contributed by atoms with E-state index < -0.39 is 0 Å². The summed E-state index contributed by atoms with van der Waals surface area (Å²) in [6.45, 7) is 4.31. The maximum Gasteiger partial charge on any atom is 0.255 e. The summed E-state index contributed by atoms with van der Waals surface area (Å²) < 4.78 is 0. The smallest absolute Gasteiger partial charge is 0.255 e. The first-order valence-corrected chi connectivity index (χ1v) is 8.30. The summed E-state index contributed by atoms with van der Waals surface area (Å²) in [6, 6.07) is 4.87. The van der Waals surface area contributed by atoms with Crippen LogP contribution >= 0.6 is 23.2 Å². The maximum atomic E-state index is 12.5. The zero-order chi connectivity index (χ0) is 16.1. The van der Waals surface area contributed by atoms with Crippen molar-refractivity contribution >= 4 is 35.0 Å². The summed E-state index contributed by atoms with van der Waals surface area (Å²) in [5.74, 6) is 0.0702. The van der Waals surface area contributed by atoms with Crippen LogP contribution < -0.4 is 0 Å². The molecule has 0 saturated carbocycles. The number of unbranched alkanes of at least 4 members (excludes halogenated alkanes) is 1. The third-order valence-electron chi connectivity index (χ3n) is 3.83. The van der Waals surface area contributed by atoms with Gasteiger partial charge in [-0.15, -0.1) is 0 Å². The molecule has 1 fully saturated rings. The Morgan fingerprint density at radius 1 is 1.09 bits per heavy atom. The fourth-order valence-electron chi connectivity index (χ4n) is 2.48. The normalized spacial score (nSPS) is 15.0. The van der Waals surface area contributed by atoms with Gasteiger partial charge >= 0.3 is 0 Å². The predicted molar refractivity (Wildman–Crippen MR) is 88.5 cm³/mol. The fourth-order valence-corrected chi connectivity index (χ4v) is 2.97. The van der Waals surface area contributed by atoms with Crippen LogP contribution in [0.25, 0.3) is 0 Å². The van der Waals surface area contributed by atoms with Gasteiger partial charge in [0.25, 0.3) is 5.91 Å². The molecule has 0 aliphatic carbocycles. The third-order valence-corrected chi connectivity index (χ3v) is 4.37. The highest BCUT2D eigenvalue weighted by Crippen LogP contribution is 2.22. The van der Waals surface area contributed by atoms with Gasteiger partial charge in [-0.2, -0.15) is 0 Å². The quantitative estimate of drug-likeness (QED) is 0.840. The minimum Gasteiger partial charge on any atom is -0.339 e. The molecule has 22 heavy (non-hydrogen) atoms. The average Bonchev–Trinajstić information content (AvgIpc) is 2.52. The summed E-state index contributed by atoms with van der Waals surface area (Å²) in [7, 11) is 0. The predicted octanol–water partition coefficient (Wildman–Crippen LogP) is 3.47. The molecule has 1 aliphatic rings. The van der Waals surface area contributed by atoms with Gasteiger partial charge in [-0.25, -0.2) is 0 Å². The number of hydrogen-bond acceptors (Lipinski definition) is 2. The number of carbonyl (C=O) groups is 2. The molecule has 1 heterocycles. The molecule has 4 nitrogen and oxygen atoms in total. The maximum absolute atomic E-state index is 12.5. The first-order valence-electron chi connectivity index (χ1n) is 7.55. The van der Waals surface area contributed by atoms with Crippen molar-refractivity contribution in [1.29, 1.82) is 0 Å². The Hall–Kier alpha value is -1.26. The second-order valence-electron chi connectivity index (χ2n) is 5.40. The van der Waals surface area contributed by atoms with Gasteiger partial charge in [-0.1, -0.05) is 36.5 Å². The second-order valence-corrected chi connectivity index (χ2v) is 6.24. The van der Waals surface area contributed by atoms with Crippen molar-refractivity contribution in [3.05, 3.63) is 33.8 Å². The molecule has 1 aromatic carbocycles. The van der Waals surface area contributed by atoms with Crippen molar-refractivity contribution in [1.82, 2.24) is 9.80 Å². The van der Waals surface area contributed by atoms with Gasteiger partial charge in [0.05, 0.1) is 10.6 Å². The van der Waals surface area contributed by atoms with E-state index in [-0.39, 0.29) is 11.8 Å². The lowest BCUT2D eigenvalue weighted by atomic mass is 10.1. The van der Waals surface area contributed by atoms with Crippen LogP contribution in [0.4, 0.5) is 0 Å². The van der Waals surface area contributed by atoms with Crippen LogP contribution in [0, 0.1) is 0 Å². The van der Waals surface area contributed by atoms with Gasteiger partial charge in [0, 0.05) is 37.6 Å². The van der Waals surface area contributed by atoms with E-state index in [2.05, 4.69) is 6.92 Å². The van der Waals surface area contributed by atoms with Crippen molar-refractivity contribution < 1.29 is 9.59 Å².